The molecule has 2 amide bonds. The summed E-state index contributed by atoms with van der Waals surface area (Å²) >= 11 is 0. The summed E-state index contributed by atoms with van der Waals surface area (Å²) in [6.07, 6.45) is 11.2. The number of carbonyl (C=O) groups excluding carboxylic acids is 4. The smallest absolute Gasteiger partial charge is 0.237 e. The number of unbranched alkanes of at least 4 members (excludes halogenated alkanes) is 5. The molecule has 0 saturated heterocycles. The number of likely N-dealkylation sites (N-methyl/N-ethyl adjacent to an activating group) is 2. The fourth-order valence-electron chi connectivity index (χ4n) is 6.01. The quantitative estimate of drug-likeness (QED) is 0.0812. The van der Waals surface area contributed by atoms with Gasteiger partial charge in [0.1, 0.15) is 24.1 Å². The molecule has 1 aliphatic heterocycles. The van der Waals surface area contributed by atoms with Crippen LogP contribution in [-0.2, 0) is 41.6 Å². The van der Waals surface area contributed by atoms with E-state index in [1.807, 2.05) is 12.1 Å². The number of nitrogens with one attached hydrogen (secondary N) is 2. The van der Waals surface area contributed by atoms with Gasteiger partial charge in [-0.25, -0.2) is 0 Å². The third-order valence-corrected chi connectivity index (χ3v) is 8.93. The highest BCUT2D eigenvalue weighted by molar-refractivity contribution is 5.93. The number of hydrogen-bond acceptors (Lipinski definition) is 10. The number of amides is 2. The normalized spacial score (nSPS) is 12.8. The van der Waals surface area contributed by atoms with Crippen molar-refractivity contribution in [3.8, 4) is 11.5 Å². The van der Waals surface area contributed by atoms with Crippen LogP contribution < -0.4 is 20.1 Å². The van der Waals surface area contributed by atoms with Crippen LogP contribution in [0.25, 0.3) is 0 Å². The Morgan fingerprint density at radius 1 is 0.885 bits per heavy atom. The minimum atomic E-state index is -0.549. The zero-order valence-electron chi connectivity index (χ0n) is 31.2. The fourth-order valence-corrected chi connectivity index (χ4v) is 6.01. The molecule has 1 aliphatic rings. The highest BCUT2D eigenvalue weighted by Gasteiger charge is 2.24. The number of ether oxygens (including phenoxy) is 5. The van der Waals surface area contributed by atoms with Crippen LogP contribution in [0.15, 0.2) is 36.4 Å². The Labute approximate surface area is 309 Å². The molecule has 0 bridgehead atoms. The first-order valence-corrected chi connectivity index (χ1v) is 18.8. The van der Waals surface area contributed by atoms with Crippen LogP contribution in [0.1, 0.15) is 92.1 Å². The van der Waals surface area contributed by atoms with Crippen LogP contribution in [0.2, 0.25) is 0 Å². The second-order valence-electron chi connectivity index (χ2n) is 13.0. The molecule has 1 heterocycles. The summed E-state index contributed by atoms with van der Waals surface area (Å²) in [7, 11) is 3.31. The molecule has 2 aromatic rings. The van der Waals surface area contributed by atoms with Gasteiger partial charge >= 0.3 is 0 Å². The maximum Gasteiger partial charge on any atom is 0.237 e. The minimum absolute atomic E-state index is 0.144. The van der Waals surface area contributed by atoms with Gasteiger partial charge in [-0.15, -0.1) is 0 Å². The Hall–Kier alpha value is -3.84. The van der Waals surface area contributed by atoms with Gasteiger partial charge in [0, 0.05) is 56.5 Å². The van der Waals surface area contributed by atoms with Gasteiger partial charge in [0.2, 0.25) is 11.8 Å². The predicted molar refractivity (Wildman–Crippen MR) is 200 cm³/mol. The van der Waals surface area contributed by atoms with Crippen molar-refractivity contribution in [2.75, 3.05) is 72.3 Å². The molecule has 0 spiro atoms. The molecule has 0 fully saturated rings. The van der Waals surface area contributed by atoms with E-state index in [2.05, 4.69) is 16.7 Å². The van der Waals surface area contributed by atoms with Gasteiger partial charge in [0.25, 0.3) is 0 Å². The van der Waals surface area contributed by atoms with Crippen molar-refractivity contribution < 1.29 is 42.9 Å². The third kappa shape index (κ3) is 16.2. The molecule has 2 aromatic carbocycles. The van der Waals surface area contributed by atoms with Gasteiger partial charge in [-0.3, -0.25) is 19.3 Å². The lowest BCUT2D eigenvalue weighted by Crippen LogP contribution is -2.43. The number of anilines is 1. The zero-order chi connectivity index (χ0) is 37.2. The molecule has 1 atom stereocenters. The molecular weight excluding hydrogens is 666 g/mol. The number of nitrogens with zero attached hydrogens (tertiary/aromatic N) is 1. The van der Waals surface area contributed by atoms with E-state index in [9.17, 15) is 19.2 Å². The summed E-state index contributed by atoms with van der Waals surface area (Å²) in [6, 6.07) is 10.7. The first kappa shape index (κ1) is 42.6. The molecule has 0 saturated carbocycles. The van der Waals surface area contributed by atoms with Gasteiger partial charge < -0.3 is 39.1 Å². The van der Waals surface area contributed by atoms with Crippen molar-refractivity contribution >= 4 is 30.1 Å². The minimum Gasteiger partial charge on any atom is -0.494 e. The predicted octanol–water partition coefficient (Wildman–Crippen LogP) is 5.54. The van der Waals surface area contributed by atoms with Gasteiger partial charge in [0.05, 0.1) is 45.7 Å². The van der Waals surface area contributed by atoms with Crippen molar-refractivity contribution in [2.45, 2.75) is 89.6 Å². The Bertz CT molecular complexity index is 1360. The van der Waals surface area contributed by atoms with E-state index in [0.29, 0.717) is 69.1 Å². The van der Waals surface area contributed by atoms with E-state index >= 15 is 0 Å². The molecule has 2 N–H and O–H groups in total. The van der Waals surface area contributed by atoms with Gasteiger partial charge in [0.15, 0.2) is 0 Å². The van der Waals surface area contributed by atoms with Crippen LogP contribution in [0, 0.1) is 0 Å². The SMILES string of the molecule is CNC(=O)C(CCC=O)N(C)Cc1c(C=O)cccc1NC(=O)CCCCCOCCOCCOCCCCCCOc1ccc2c(c1)CCCO2. The monoisotopic (exact) mass is 725 g/mol. The van der Waals surface area contributed by atoms with Gasteiger partial charge in [-0.1, -0.05) is 25.0 Å². The van der Waals surface area contributed by atoms with E-state index in [-0.39, 0.29) is 24.8 Å². The zero-order valence-corrected chi connectivity index (χ0v) is 31.2. The molecule has 0 aromatic heterocycles. The topological polar surface area (TPSA) is 142 Å². The third-order valence-electron chi connectivity index (χ3n) is 8.93. The van der Waals surface area contributed by atoms with Crippen molar-refractivity contribution in [1.82, 2.24) is 10.2 Å². The van der Waals surface area contributed by atoms with Crippen LogP contribution in [0.5, 0.6) is 11.5 Å². The molecule has 12 nitrogen and oxygen atoms in total. The summed E-state index contributed by atoms with van der Waals surface area (Å²) in [5, 5.41) is 5.57. The number of fused-ring (bicyclic) bond motifs is 1. The van der Waals surface area contributed by atoms with Crippen LogP contribution >= 0.6 is 0 Å². The highest BCUT2D eigenvalue weighted by Crippen LogP contribution is 2.28. The van der Waals surface area contributed by atoms with Crippen molar-refractivity contribution in [2.24, 2.45) is 0 Å². The lowest BCUT2D eigenvalue weighted by atomic mass is 10.0. The molecule has 288 valence electrons. The number of hydrogen-bond donors (Lipinski definition) is 2. The maximum absolute atomic E-state index is 12.7. The number of rotatable bonds is 29. The number of benzene rings is 2. The second-order valence-corrected chi connectivity index (χ2v) is 13.0. The molecule has 0 aliphatic carbocycles. The van der Waals surface area contributed by atoms with E-state index in [0.717, 1.165) is 95.3 Å². The van der Waals surface area contributed by atoms with E-state index in [1.165, 1.54) is 5.56 Å². The molecule has 3 rings (SSSR count). The maximum atomic E-state index is 12.7. The van der Waals surface area contributed by atoms with Crippen LogP contribution in [0.4, 0.5) is 5.69 Å². The second kappa shape index (κ2) is 26.0. The molecule has 52 heavy (non-hydrogen) atoms. The summed E-state index contributed by atoms with van der Waals surface area (Å²) in [5.41, 5.74) is 2.84. The van der Waals surface area contributed by atoms with E-state index < -0.39 is 6.04 Å². The van der Waals surface area contributed by atoms with E-state index in [1.54, 1.807) is 37.2 Å². The highest BCUT2D eigenvalue weighted by atomic mass is 16.5. The fraction of sp³-hybridized carbons (Fsp3) is 0.600. The Kier molecular flexibility index (Phi) is 21.3. The van der Waals surface area contributed by atoms with Crippen LogP contribution in [-0.4, -0.2) is 102 Å². The molecule has 1 unspecified atom stereocenters. The van der Waals surface area contributed by atoms with Crippen LogP contribution in [0.3, 0.4) is 0 Å². The number of aldehydes is 2. The van der Waals surface area contributed by atoms with Crippen molar-refractivity contribution in [1.29, 1.82) is 0 Å². The van der Waals surface area contributed by atoms with Gasteiger partial charge in [-0.05, 0) is 88.2 Å². The summed E-state index contributed by atoms with van der Waals surface area (Å²) in [4.78, 5) is 49.7. The summed E-state index contributed by atoms with van der Waals surface area (Å²) in [5.74, 6) is 1.56. The summed E-state index contributed by atoms with van der Waals surface area (Å²) < 4.78 is 28.5. The molecule has 12 heteroatoms. The molecule has 0 radical (unpaired) electrons. The first-order valence-electron chi connectivity index (χ1n) is 18.8. The average molecular weight is 726 g/mol. The van der Waals surface area contributed by atoms with E-state index in [4.69, 9.17) is 23.7 Å². The largest absolute Gasteiger partial charge is 0.494 e. The lowest BCUT2D eigenvalue weighted by molar-refractivity contribution is -0.126. The summed E-state index contributed by atoms with van der Waals surface area (Å²) in [6.45, 7) is 5.26. The first-order chi connectivity index (χ1) is 25.5. The Balaban J connectivity index is 1.15. The van der Waals surface area contributed by atoms with Crippen molar-refractivity contribution in [3.05, 3.63) is 53.1 Å². The number of aryl methyl sites for hydroxylation is 1. The Morgan fingerprint density at radius 3 is 2.27 bits per heavy atom. The Morgan fingerprint density at radius 2 is 1.58 bits per heavy atom. The average Bonchev–Trinajstić information content (AvgIpc) is 3.16. The lowest BCUT2D eigenvalue weighted by Gasteiger charge is -2.27. The molecular formula is C40H59N3O9. The van der Waals surface area contributed by atoms with Crippen molar-refractivity contribution in [3.63, 3.8) is 0 Å². The van der Waals surface area contributed by atoms with Gasteiger partial charge in [-0.2, -0.15) is 0 Å². The number of carbonyl (C=O) groups is 4. The standard InChI is InChI=1S/C40H59N3O9/c1-41-40(47)37(16-11-20-44)43(2)30-35-33(31-45)13-10-15-36(35)42-39(46)17-6-5-8-22-49-26-28-50-27-25-48-21-7-3-4-9-23-51-34-18-19-38-32(29-34)14-12-24-52-38/h10,13,15,18-20,29,31,37H,3-9,11-12,14,16-17,21-28,30H2,1-2H3,(H,41,47)(H,42,46).